The Kier molecular flexibility index (Phi) is 3.72. The number of hydrogen-bond acceptors (Lipinski definition) is 5. The average molecular weight is 402 g/mol. The molecule has 5 rings (SSSR count). The lowest BCUT2D eigenvalue weighted by Gasteiger charge is -2.06. The Hall–Kier alpha value is -4.40. The highest BCUT2D eigenvalue weighted by Gasteiger charge is 2.20. The van der Waals surface area contributed by atoms with Crippen LogP contribution in [0.3, 0.4) is 0 Å². The molecule has 30 heavy (non-hydrogen) atoms. The molecule has 9 nitrogen and oxygen atoms in total. The number of ether oxygens (including phenoxy) is 1. The maximum Gasteiger partial charge on any atom is 0.276 e. The van der Waals surface area contributed by atoms with E-state index in [0.717, 1.165) is 44.4 Å². The topological polar surface area (TPSA) is 127 Å². The number of H-pyrrole nitrogens is 2. The SMILES string of the molecule is COc1ccc2[nH]c3cc(-c4cc([N+](=O)[O-])cc([N+](=O)[O-])c4)c4c[nH]cc4c3c2c1. The molecule has 0 radical (unpaired) electrons. The summed E-state index contributed by atoms with van der Waals surface area (Å²) >= 11 is 0. The molecule has 0 fully saturated rings. The van der Waals surface area contributed by atoms with Gasteiger partial charge in [0.15, 0.2) is 0 Å². The van der Waals surface area contributed by atoms with Crippen LogP contribution in [0.5, 0.6) is 5.75 Å². The highest BCUT2D eigenvalue weighted by molar-refractivity contribution is 6.23. The molecule has 3 aromatic carbocycles. The van der Waals surface area contributed by atoms with E-state index < -0.39 is 9.85 Å². The zero-order chi connectivity index (χ0) is 21.0. The lowest BCUT2D eigenvalue weighted by atomic mass is 9.97. The molecular formula is C21H14N4O5. The average Bonchev–Trinajstić information content (AvgIpc) is 3.36. The van der Waals surface area contributed by atoms with E-state index >= 15 is 0 Å². The van der Waals surface area contributed by atoms with Gasteiger partial charge in [-0.2, -0.15) is 0 Å². The number of nitrogens with zero attached hydrogens (tertiary/aromatic N) is 2. The van der Waals surface area contributed by atoms with Crippen LogP contribution < -0.4 is 4.74 Å². The van der Waals surface area contributed by atoms with Crippen molar-refractivity contribution in [2.75, 3.05) is 7.11 Å². The Labute approximate surface area is 168 Å². The minimum Gasteiger partial charge on any atom is -0.497 e. The molecule has 0 aliphatic carbocycles. The van der Waals surface area contributed by atoms with E-state index in [0.29, 0.717) is 11.1 Å². The third-order valence-electron chi connectivity index (χ3n) is 5.26. The molecule has 0 aliphatic rings. The molecular weight excluding hydrogens is 388 g/mol. The van der Waals surface area contributed by atoms with E-state index in [4.69, 9.17) is 4.74 Å². The summed E-state index contributed by atoms with van der Waals surface area (Å²) in [7, 11) is 1.61. The number of non-ortho nitro benzene ring substituents is 2. The highest BCUT2D eigenvalue weighted by atomic mass is 16.6. The van der Waals surface area contributed by atoms with Crippen molar-refractivity contribution in [2.45, 2.75) is 0 Å². The quantitative estimate of drug-likeness (QED) is 0.312. The van der Waals surface area contributed by atoms with Crippen molar-refractivity contribution in [1.82, 2.24) is 9.97 Å². The first-order valence-corrected chi connectivity index (χ1v) is 8.99. The second kappa shape index (κ2) is 6.31. The second-order valence-electron chi connectivity index (χ2n) is 6.92. The number of nitrogens with one attached hydrogen (secondary N) is 2. The molecule has 0 spiro atoms. The standard InChI is InChI=1S/C21H14N4O5/c1-30-14-2-3-19-16(7-14)21-18-10-22-9-17(18)15(8-20(21)23-19)11-4-12(24(26)27)6-13(5-11)25(28)29/h2-10,22-23H,1H3. The number of hydrogen-bond donors (Lipinski definition) is 2. The third-order valence-corrected chi connectivity index (χ3v) is 5.26. The van der Waals surface area contributed by atoms with Gasteiger partial charge in [0, 0.05) is 57.1 Å². The molecule has 5 aromatic rings. The van der Waals surface area contributed by atoms with Gasteiger partial charge in [-0.15, -0.1) is 0 Å². The number of benzene rings is 3. The molecule has 2 N–H and O–H groups in total. The van der Waals surface area contributed by atoms with Gasteiger partial charge in [0.25, 0.3) is 11.4 Å². The first-order chi connectivity index (χ1) is 14.5. The maximum atomic E-state index is 11.3. The maximum absolute atomic E-state index is 11.3. The first kappa shape index (κ1) is 17.7. The first-order valence-electron chi connectivity index (χ1n) is 8.99. The normalized spacial score (nSPS) is 11.4. The number of fused-ring (bicyclic) bond motifs is 5. The Morgan fingerprint density at radius 1 is 0.833 bits per heavy atom. The molecule has 0 aliphatic heterocycles. The number of aromatic amines is 2. The summed E-state index contributed by atoms with van der Waals surface area (Å²) in [6.07, 6.45) is 3.63. The lowest BCUT2D eigenvalue weighted by molar-refractivity contribution is -0.394. The van der Waals surface area contributed by atoms with Gasteiger partial charge in [-0.25, -0.2) is 0 Å². The molecule has 0 amide bonds. The van der Waals surface area contributed by atoms with E-state index in [2.05, 4.69) is 9.97 Å². The van der Waals surface area contributed by atoms with Gasteiger partial charge in [0.2, 0.25) is 0 Å². The number of methoxy groups -OCH3 is 1. The Morgan fingerprint density at radius 2 is 1.53 bits per heavy atom. The van der Waals surface area contributed by atoms with Gasteiger partial charge < -0.3 is 14.7 Å². The van der Waals surface area contributed by atoms with Crippen molar-refractivity contribution in [3.05, 3.63) is 75.1 Å². The molecule has 148 valence electrons. The van der Waals surface area contributed by atoms with Crippen LogP contribution in [0.2, 0.25) is 0 Å². The van der Waals surface area contributed by atoms with Crippen LogP contribution in [-0.2, 0) is 0 Å². The van der Waals surface area contributed by atoms with Crippen molar-refractivity contribution in [3.63, 3.8) is 0 Å². The summed E-state index contributed by atoms with van der Waals surface area (Å²) < 4.78 is 5.35. The highest BCUT2D eigenvalue weighted by Crippen LogP contribution is 2.40. The molecule has 0 bridgehead atoms. The summed E-state index contributed by atoms with van der Waals surface area (Å²) in [5.41, 5.74) is 2.13. The monoisotopic (exact) mass is 402 g/mol. The molecule has 2 heterocycles. The molecule has 0 unspecified atom stereocenters. The number of aromatic nitrogens is 2. The van der Waals surface area contributed by atoms with Crippen LogP contribution in [0.15, 0.2) is 54.9 Å². The van der Waals surface area contributed by atoms with Crippen molar-refractivity contribution < 1.29 is 14.6 Å². The molecule has 0 saturated carbocycles. The van der Waals surface area contributed by atoms with Gasteiger partial charge in [0.05, 0.1) is 23.0 Å². The fraction of sp³-hybridized carbons (Fsp3) is 0.0476. The Morgan fingerprint density at radius 3 is 2.20 bits per heavy atom. The zero-order valence-corrected chi connectivity index (χ0v) is 15.6. The van der Waals surface area contributed by atoms with Crippen LogP contribution in [0.25, 0.3) is 43.7 Å². The van der Waals surface area contributed by atoms with Crippen LogP contribution >= 0.6 is 0 Å². The van der Waals surface area contributed by atoms with Gasteiger partial charge in [-0.1, -0.05) is 0 Å². The predicted molar refractivity (Wildman–Crippen MR) is 113 cm³/mol. The van der Waals surface area contributed by atoms with E-state index in [1.807, 2.05) is 30.5 Å². The number of nitro groups is 2. The predicted octanol–water partition coefficient (Wildman–Crippen LogP) is 5.29. The Bertz CT molecular complexity index is 1470. The van der Waals surface area contributed by atoms with Gasteiger partial charge >= 0.3 is 0 Å². The molecule has 2 aromatic heterocycles. The van der Waals surface area contributed by atoms with Crippen molar-refractivity contribution in [3.8, 4) is 16.9 Å². The lowest BCUT2D eigenvalue weighted by Crippen LogP contribution is -1.94. The summed E-state index contributed by atoms with van der Waals surface area (Å²) in [6.45, 7) is 0. The molecule has 0 atom stereocenters. The van der Waals surface area contributed by atoms with Crippen molar-refractivity contribution in [1.29, 1.82) is 0 Å². The van der Waals surface area contributed by atoms with E-state index in [-0.39, 0.29) is 11.4 Å². The number of nitro benzene ring substituents is 2. The van der Waals surface area contributed by atoms with Crippen LogP contribution in [0, 0.1) is 20.2 Å². The fourth-order valence-electron chi connectivity index (χ4n) is 3.93. The van der Waals surface area contributed by atoms with Crippen LogP contribution in [0.1, 0.15) is 0 Å². The minimum atomic E-state index is -0.626. The fourth-order valence-corrected chi connectivity index (χ4v) is 3.93. The number of rotatable bonds is 4. The van der Waals surface area contributed by atoms with Gasteiger partial charge in [-0.3, -0.25) is 20.2 Å². The van der Waals surface area contributed by atoms with E-state index in [1.54, 1.807) is 13.3 Å². The smallest absolute Gasteiger partial charge is 0.276 e. The van der Waals surface area contributed by atoms with E-state index in [1.165, 1.54) is 12.1 Å². The molecule has 0 saturated heterocycles. The minimum absolute atomic E-state index is 0.329. The molecule has 9 heteroatoms. The largest absolute Gasteiger partial charge is 0.497 e. The summed E-state index contributed by atoms with van der Waals surface area (Å²) in [4.78, 5) is 27.8. The van der Waals surface area contributed by atoms with Crippen molar-refractivity contribution >= 4 is 44.0 Å². The summed E-state index contributed by atoms with van der Waals surface area (Å²) in [5.74, 6) is 0.727. The van der Waals surface area contributed by atoms with Crippen LogP contribution in [-0.4, -0.2) is 26.9 Å². The van der Waals surface area contributed by atoms with E-state index in [9.17, 15) is 20.2 Å². The van der Waals surface area contributed by atoms with Crippen molar-refractivity contribution in [2.24, 2.45) is 0 Å². The zero-order valence-electron chi connectivity index (χ0n) is 15.6. The summed E-state index contributed by atoms with van der Waals surface area (Å²) in [5, 5.41) is 26.3. The third kappa shape index (κ3) is 2.56. The van der Waals surface area contributed by atoms with Gasteiger partial charge in [0.1, 0.15) is 5.75 Å². The summed E-state index contributed by atoms with van der Waals surface area (Å²) in [6, 6.07) is 11.3. The second-order valence-corrected chi connectivity index (χ2v) is 6.92. The van der Waals surface area contributed by atoms with Gasteiger partial charge in [-0.05, 0) is 35.4 Å². The Balaban J connectivity index is 1.86. The van der Waals surface area contributed by atoms with Crippen LogP contribution in [0.4, 0.5) is 11.4 Å².